The van der Waals surface area contributed by atoms with Crippen molar-refractivity contribution in [3.05, 3.63) is 34.1 Å². The smallest absolute Gasteiger partial charge is 0.311 e. The van der Waals surface area contributed by atoms with Gasteiger partial charge in [-0.2, -0.15) is 0 Å². The van der Waals surface area contributed by atoms with Gasteiger partial charge in [-0.1, -0.05) is 15.9 Å². The van der Waals surface area contributed by atoms with Gasteiger partial charge in [0.15, 0.2) is 5.82 Å². The van der Waals surface area contributed by atoms with Crippen LogP contribution in [0.3, 0.4) is 0 Å². The molecular formula is C15H16BrN5O2. The average Bonchev–Trinajstić information content (AvgIpc) is 3.26. The van der Waals surface area contributed by atoms with E-state index in [2.05, 4.69) is 36.4 Å². The number of benzene rings is 1. The minimum absolute atomic E-state index is 0.431. The summed E-state index contributed by atoms with van der Waals surface area (Å²) in [6.45, 7) is 1.29. The molecule has 0 spiro atoms. The predicted octanol–water partition coefficient (Wildman–Crippen LogP) is 2.35. The minimum Gasteiger partial charge on any atom is -0.481 e. The highest BCUT2D eigenvalue weighted by Crippen LogP contribution is 2.39. The second-order valence-corrected chi connectivity index (χ2v) is 6.99. The molecule has 0 amide bonds. The van der Waals surface area contributed by atoms with Crippen LogP contribution in [0.1, 0.15) is 42.6 Å². The van der Waals surface area contributed by atoms with Crippen molar-refractivity contribution in [3.63, 3.8) is 0 Å². The topological polar surface area (TPSA) is 84.1 Å². The standard InChI is InChI=1S/C15H16BrN5O2/c16-9-1-4-13-12(7-9)11(15(22)23)5-6-20(13)8-14-17-18-19-21(14)10-2-3-10/h1,4,7,10-11H,2-3,5-6,8H2,(H,22,23). The molecule has 1 aromatic carbocycles. The van der Waals surface area contributed by atoms with Gasteiger partial charge in [0.25, 0.3) is 0 Å². The molecule has 1 N–H and O–H groups in total. The SMILES string of the molecule is O=C(O)C1CCN(Cc2nnnn2C2CC2)c2ccc(Br)cc21. The second kappa shape index (κ2) is 5.59. The lowest BCUT2D eigenvalue weighted by Crippen LogP contribution is -2.34. The van der Waals surface area contributed by atoms with Gasteiger partial charge in [-0.25, -0.2) is 4.68 Å². The van der Waals surface area contributed by atoms with E-state index in [-0.39, 0.29) is 0 Å². The van der Waals surface area contributed by atoms with Crippen LogP contribution in [0.25, 0.3) is 0 Å². The summed E-state index contributed by atoms with van der Waals surface area (Å²) in [5.41, 5.74) is 1.81. The van der Waals surface area contributed by atoms with Crippen LogP contribution in [0.15, 0.2) is 22.7 Å². The van der Waals surface area contributed by atoms with Gasteiger partial charge in [0.2, 0.25) is 0 Å². The first-order valence-electron chi connectivity index (χ1n) is 7.67. The fourth-order valence-electron chi connectivity index (χ4n) is 3.16. The van der Waals surface area contributed by atoms with Gasteiger partial charge in [-0.05, 0) is 53.5 Å². The lowest BCUT2D eigenvalue weighted by Gasteiger charge is -2.34. The van der Waals surface area contributed by atoms with Crippen molar-refractivity contribution >= 4 is 27.6 Å². The summed E-state index contributed by atoms with van der Waals surface area (Å²) in [5, 5.41) is 21.5. The molecule has 1 saturated carbocycles. The molecular weight excluding hydrogens is 362 g/mol. The Hall–Kier alpha value is -1.96. The van der Waals surface area contributed by atoms with E-state index in [1.807, 2.05) is 22.9 Å². The number of fused-ring (bicyclic) bond motifs is 1. The Bertz CT molecular complexity index is 758. The van der Waals surface area contributed by atoms with Crippen molar-refractivity contribution < 1.29 is 9.90 Å². The maximum absolute atomic E-state index is 11.5. The van der Waals surface area contributed by atoms with Gasteiger partial charge in [-0.3, -0.25) is 4.79 Å². The first kappa shape index (κ1) is 14.6. The molecule has 1 atom stereocenters. The number of hydrogen-bond acceptors (Lipinski definition) is 5. The first-order valence-corrected chi connectivity index (χ1v) is 8.46. The molecule has 8 heteroatoms. The third-order valence-electron chi connectivity index (χ3n) is 4.48. The van der Waals surface area contributed by atoms with Gasteiger partial charge < -0.3 is 10.0 Å². The molecule has 1 fully saturated rings. The summed E-state index contributed by atoms with van der Waals surface area (Å²) in [7, 11) is 0. The molecule has 1 unspecified atom stereocenters. The van der Waals surface area contributed by atoms with Gasteiger partial charge >= 0.3 is 5.97 Å². The van der Waals surface area contributed by atoms with Crippen molar-refractivity contribution in [2.75, 3.05) is 11.4 Å². The Morgan fingerprint density at radius 2 is 2.17 bits per heavy atom. The van der Waals surface area contributed by atoms with E-state index in [4.69, 9.17) is 0 Å². The summed E-state index contributed by atoms with van der Waals surface area (Å²) in [5.74, 6) is -0.389. The molecule has 0 saturated heterocycles. The van der Waals surface area contributed by atoms with Gasteiger partial charge in [-0.15, -0.1) is 5.10 Å². The van der Waals surface area contributed by atoms with Crippen molar-refractivity contribution in [1.29, 1.82) is 0 Å². The second-order valence-electron chi connectivity index (χ2n) is 6.08. The minimum atomic E-state index is -0.771. The zero-order valence-electron chi connectivity index (χ0n) is 12.4. The maximum atomic E-state index is 11.5. The molecule has 1 aliphatic heterocycles. The number of rotatable bonds is 4. The molecule has 120 valence electrons. The summed E-state index contributed by atoms with van der Waals surface area (Å²) < 4.78 is 2.80. The third-order valence-corrected chi connectivity index (χ3v) is 4.97. The predicted molar refractivity (Wildman–Crippen MR) is 86.3 cm³/mol. The van der Waals surface area contributed by atoms with E-state index in [9.17, 15) is 9.90 Å². The van der Waals surface area contributed by atoms with E-state index in [1.165, 1.54) is 0 Å². The molecule has 2 heterocycles. The number of carbonyl (C=O) groups is 1. The number of hydrogen-bond donors (Lipinski definition) is 1. The highest BCUT2D eigenvalue weighted by Gasteiger charge is 2.32. The van der Waals surface area contributed by atoms with Crippen molar-refractivity contribution in [1.82, 2.24) is 20.2 Å². The fourth-order valence-corrected chi connectivity index (χ4v) is 3.54. The van der Waals surface area contributed by atoms with E-state index in [1.54, 1.807) is 0 Å². The van der Waals surface area contributed by atoms with Crippen molar-refractivity contribution in [2.45, 2.75) is 37.8 Å². The van der Waals surface area contributed by atoms with Gasteiger partial charge in [0, 0.05) is 16.7 Å². The first-order chi connectivity index (χ1) is 11.1. The van der Waals surface area contributed by atoms with Crippen molar-refractivity contribution in [3.8, 4) is 0 Å². The number of aromatic nitrogens is 4. The summed E-state index contributed by atoms with van der Waals surface area (Å²) in [6.07, 6.45) is 2.84. The van der Waals surface area contributed by atoms with E-state index in [0.717, 1.165) is 34.4 Å². The molecule has 1 aromatic heterocycles. The number of carboxylic acid groups (broad SMARTS) is 1. The zero-order chi connectivity index (χ0) is 16.0. The lowest BCUT2D eigenvalue weighted by atomic mass is 9.90. The largest absolute Gasteiger partial charge is 0.481 e. The number of aliphatic carboxylic acids is 1. The Morgan fingerprint density at radius 1 is 1.35 bits per heavy atom. The monoisotopic (exact) mass is 377 g/mol. The van der Waals surface area contributed by atoms with Gasteiger partial charge in [0.05, 0.1) is 18.5 Å². The third kappa shape index (κ3) is 2.71. The number of halogens is 1. The number of carboxylic acids is 1. The van der Waals surface area contributed by atoms with Crippen LogP contribution in [0.4, 0.5) is 5.69 Å². The van der Waals surface area contributed by atoms with Crippen LogP contribution < -0.4 is 4.90 Å². The van der Waals surface area contributed by atoms with E-state index in [0.29, 0.717) is 25.6 Å². The zero-order valence-corrected chi connectivity index (χ0v) is 14.0. The normalized spacial score (nSPS) is 20.4. The van der Waals surface area contributed by atoms with E-state index >= 15 is 0 Å². The summed E-state index contributed by atoms with van der Waals surface area (Å²) in [4.78, 5) is 13.7. The number of nitrogens with zero attached hydrogens (tertiary/aromatic N) is 5. The Kier molecular flexibility index (Phi) is 3.56. The molecule has 2 aliphatic rings. The molecule has 23 heavy (non-hydrogen) atoms. The molecule has 4 rings (SSSR count). The maximum Gasteiger partial charge on any atom is 0.311 e. The lowest BCUT2D eigenvalue weighted by molar-refractivity contribution is -0.139. The quantitative estimate of drug-likeness (QED) is 0.879. The Labute approximate surface area is 141 Å². The van der Waals surface area contributed by atoms with Crippen LogP contribution in [0.5, 0.6) is 0 Å². The highest BCUT2D eigenvalue weighted by atomic mass is 79.9. The Morgan fingerprint density at radius 3 is 2.91 bits per heavy atom. The summed E-state index contributed by atoms with van der Waals surface area (Å²) >= 11 is 3.44. The highest BCUT2D eigenvalue weighted by molar-refractivity contribution is 9.10. The molecule has 7 nitrogen and oxygen atoms in total. The van der Waals surface area contributed by atoms with E-state index < -0.39 is 11.9 Å². The number of tetrazole rings is 1. The number of anilines is 1. The molecule has 1 aliphatic carbocycles. The van der Waals surface area contributed by atoms with Crippen LogP contribution in [0.2, 0.25) is 0 Å². The van der Waals surface area contributed by atoms with Crippen LogP contribution in [-0.4, -0.2) is 37.8 Å². The average molecular weight is 378 g/mol. The fraction of sp³-hybridized carbons (Fsp3) is 0.467. The molecule has 0 bridgehead atoms. The van der Waals surface area contributed by atoms with Crippen LogP contribution >= 0.6 is 15.9 Å². The molecule has 2 aromatic rings. The molecule has 0 radical (unpaired) electrons. The van der Waals surface area contributed by atoms with Crippen molar-refractivity contribution in [2.24, 2.45) is 0 Å². The van der Waals surface area contributed by atoms with Crippen LogP contribution in [-0.2, 0) is 11.3 Å². The Balaban J connectivity index is 1.66. The van der Waals surface area contributed by atoms with Gasteiger partial charge in [0.1, 0.15) is 0 Å². The van der Waals surface area contributed by atoms with Crippen LogP contribution in [0, 0.1) is 0 Å². The summed E-state index contributed by atoms with van der Waals surface area (Å²) in [6, 6.07) is 6.25.